The third kappa shape index (κ3) is 6.36. The van der Waals surface area contributed by atoms with Crippen LogP contribution in [0.5, 0.6) is 0 Å². The number of rotatable bonds is 9. The molecule has 1 rings (SSSR count). The molecule has 4 heteroatoms. The number of ether oxygens (including phenoxy) is 3. The van der Waals surface area contributed by atoms with Crippen LogP contribution in [0.1, 0.15) is 26.2 Å². The number of hydrogen-bond acceptors (Lipinski definition) is 4. The number of nitrogens with one attached hydrogen (secondary N) is 1. The van der Waals surface area contributed by atoms with Gasteiger partial charge in [0, 0.05) is 26.4 Å². The van der Waals surface area contributed by atoms with E-state index in [1.54, 1.807) is 7.11 Å². The van der Waals surface area contributed by atoms with E-state index in [1.165, 1.54) is 6.42 Å². The van der Waals surface area contributed by atoms with Crippen molar-refractivity contribution < 1.29 is 14.2 Å². The van der Waals surface area contributed by atoms with Gasteiger partial charge >= 0.3 is 0 Å². The van der Waals surface area contributed by atoms with Gasteiger partial charge in [-0.2, -0.15) is 0 Å². The van der Waals surface area contributed by atoms with E-state index >= 15 is 0 Å². The molecule has 0 spiro atoms. The fourth-order valence-corrected chi connectivity index (χ4v) is 2.16. The Morgan fingerprint density at radius 3 is 2.94 bits per heavy atom. The maximum atomic E-state index is 5.55. The lowest BCUT2D eigenvalue weighted by molar-refractivity contribution is 0.00789. The van der Waals surface area contributed by atoms with Crippen molar-refractivity contribution in [3.63, 3.8) is 0 Å². The summed E-state index contributed by atoms with van der Waals surface area (Å²) in [4.78, 5) is 0. The molecule has 1 aliphatic heterocycles. The molecule has 17 heavy (non-hydrogen) atoms. The van der Waals surface area contributed by atoms with Crippen LogP contribution in [0, 0.1) is 5.92 Å². The molecule has 2 unspecified atom stereocenters. The second-order valence-electron chi connectivity index (χ2n) is 4.58. The van der Waals surface area contributed by atoms with Crippen molar-refractivity contribution in [3.05, 3.63) is 0 Å². The topological polar surface area (TPSA) is 39.7 Å². The zero-order valence-corrected chi connectivity index (χ0v) is 11.2. The Kier molecular flexibility index (Phi) is 8.61. The molecule has 0 amide bonds. The van der Waals surface area contributed by atoms with Crippen molar-refractivity contribution in [2.24, 2.45) is 5.92 Å². The van der Waals surface area contributed by atoms with Crippen molar-refractivity contribution in [2.45, 2.75) is 32.2 Å². The Bertz CT molecular complexity index is 178. The van der Waals surface area contributed by atoms with Gasteiger partial charge < -0.3 is 19.5 Å². The zero-order valence-electron chi connectivity index (χ0n) is 11.2. The highest BCUT2D eigenvalue weighted by Crippen LogP contribution is 2.18. The Morgan fingerprint density at radius 1 is 1.29 bits per heavy atom. The second kappa shape index (κ2) is 9.83. The van der Waals surface area contributed by atoms with E-state index in [-0.39, 0.29) is 0 Å². The molecule has 0 saturated carbocycles. The maximum absolute atomic E-state index is 5.55. The molecule has 0 aromatic heterocycles. The van der Waals surface area contributed by atoms with Crippen LogP contribution in [0.4, 0.5) is 0 Å². The second-order valence-corrected chi connectivity index (χ2v) is 4.58. The predicted molar refractivity (Wildman–Crippen MR) is 68.3 cm³/mol. The predicted octanol–water partition coefficient (Wildman–Crippen LogP) is 1.44. The van der Waals surface area contributed by atoms with Gasteiger partial charge in [-0.15, -0.1) is 0 Å². The molecule has 102 valence electrons. The third-order valence-electron chi connectivity index (χ3n) is 3.20. The summed E-state index contributed by atoms with van der Waals surface area (Å²) < 4.78 is 16.0. The molecule has 0 bridgehead atoms. The minimum absolute atomic E-state index is 0.595. The standard InChI is InChI=1S/C13H27NO3/c1-3-6-14-13-5-8-17-11-12(13)4-7-16-10-9-15-2/h12-14H,3-11H2,1-2H3. The lowest BCUT2D eigenvalue weighted by atomic mass is 9.93. The first kappa shape index (κ1) is 14.9. The SMILES string of the molecule is CCCNC1CCOCC1CCOCCOC. The summed E-state index contributed by atoms with van der Waals surface area (Å²) in [7, 11) is 1.70. The summed E-state index contributed by atoms with van der Waals surface area (Å²) in [6, 6.07) is 0.606. The van der Waals surface area contributed by atoms with E-state index in [0.29, 0.717) is 25.2 Å². The molecule has 0 aromatic carbocycles. The normalized spacial score (nSPS) is 25.1. The number of methoxy groups -OCH3 is 1. The summed E-state index contributed by atoms with van der Waals surface area (Å²) in [6.45, 7) is 7.25. The molecule has 1 saturated heterocycles. The van der Waals surface area contributed by atoms with Gasteiger partial charge in [-0.3, -0.25) is 0 Å². The molecule has 1 heterocycles. The fraction of sp³-hybridized carbons (Fsp3) is 1.00. The first-order valence-electron chi connectivity index (χ1n) is 6.76. The average Bonchev–Trinajstić information content (AvgIpc) is 2.37. The molecule has 4 nitrogen and oxygen atoms in total. The number of hydrogen-bond donors (Lipinski definition) is 1. The molecule has 2 atom stereocenters. The van der Waals surface area contributed by atoms with Crippen LogP contribution in [-0.4, -0.2) is 52.7 Å². The molecule has 1 N–H and O–H groups in total. The smallest absolute Gasteiger partial charge is 0.0700 e. The van der Waals surface area contributed by atoms with Crippen molar-refractivity contribution in [1.82, 2.24) is 5.32 Å². The van der Waals surface area contributed by atoms with Gasteiger partial charge in [0.1, 0.15) is 0 Å². The summed E-state index contributed by atoms with van der Waals surface area (Å²) in [5.74, 6) is 0.595. The molecule has 1 aliphatic rings. The van der Waals surface area contributed by atoms with Crippen LogP contribution in [0.15, 0.2) is 0 Å². The quantitative estimate of drug-likeness (QED) is 0.624. The van der Waals surface area contributed by atoms with E-state index in [1.807, 2.05) is 0 Å². The van der Waals surface area contributed by atoms with Gasteiger partial charge in [-0.25, -0.2) is 0 Å². The van der Waals surface area contributed by atoms with E-state index < -0.39 is 0 Å². The van der Waals surface area contributed by atoms with Crippen LogP contribution in [0.2, 0.25) is 0 Å². The summed E-state index contributed by atoms with van der Waals surface area (Å²) in [5, 5.41) is 3.61. The monoisotopic (exact) mass is 245 g/mol. The van der Waals surface area contributed by atoms with Crippen molar-refractivity contribution in [3.8, 4) is 0 Å². The minimum atomic E-state index is 0.595. The van der Waals surface area contributed by atoms with Gasteiger partial charge in [0.15, 0.2) is 0 Å². The van der Waals surface area contributed by atoms with Crippen molar-refractivity contribution in [1.29, 1.82) is 0 Å². The van der Waals surface area contributed by atoms with E-state index in [4.69, 9.17) is 14.2 Å². The van der Waals surface area contributed by atoms with Gasteiger partial charge in [0.2, 0.25) is 0 Å². The van der Waals surface area contributed by atoms with E-state index in [0.717, 1.165) is 39.2 Å². The molecular formula is C13H27NO3. The third-order valence-corrected chi connectivity index (χ3v) is 3.20. The molecule has 0 aromatic rings. The molecular weight excluding hydrogens is 218 g/mol. The molecule has 0 aliphatic carbocycles. The Balaban J connectivity index is 2.13. The molecule has 0 radical (unpaired) electrons. The lowest BCUT2D eigenvalue weighted by Gasteiger charge is -2.32. The van der Waals surface area contributed by atoms with Crippen molar-refractivity contribution in [2.75, 3.05) is 46.7 Å². The zero-order chi connectivity index (χ0) is 12.3. The lowest BCUT2D eigenvalue weighted by Crippen LogP contribution is -2.43. The molecule has 1 fully saturated rings. The summed E-state index contributed by atoms with van der Waals surface area (Å²) in [6.07, 6.45) is 3.39. The van der Waals surface area contributed by atoms with Crippen LogP contribution >= 0.6 is 0 Å². The summed E-state index contributed by atoms with van der Waals surface area (Å²) >= 11 is 0. The Morgan fingerprint density at radius 2 is 2.18 bits per heavy atom. The van der Waals surface area contributed by atoms with Gasteiger partial charge in [-0.05, 0) is 31.7 Å². The fourth-order valence-electron chi connectivity index (χ4n) is 2.16. The highest BCUT2D eigenvalue weighted by atomic mass is 16.5. The van der Waals surface area contributed by atoms with Gasteiger partial charge in [0.25, 0.3) is 0 Å². The summed E-state index contributed by atoms with van der Waals surface area (Å²) in [5.41, 5.74) is 0. The van der Waals surface area contributed by atoms with Gasteiger partial charge in [-0.1, -0.05) is 6.92 Å². The van der Waals surface area contributed by atoms with Crippen LogP contribution in [-0.2, 0) is 14.2 Å². The van der Waals surface area contributed by atoms with Crippen molar-refractivity contribution >= 4 is 0 Å². The Hall–Kier alpha value is -0.160. The minimum Gasteiger partial charge on any atom is -0.382 e. The van der Waals surface area contributed by atoms with Crippen LogP contribution in [0.25, 0.3) is 0 Å². The maximum Gasteiger partial charge on any atom is 0.0700 e. The van der Waals surface area contributed by atoms with E-state index in [2.05, 4.69) is 12.2 Å². The van der Waals surface area contributed by atoms with Crippen LogP contribution in [0.3, 0.4) is 0 Å². The average molecular weight is 245 g/mol. The van der Waals surface area contributed by atoms with E-state index in [9.17, 15) is 0 Å². The highest BCUT2D eigenvalue weighted by Gasteiger charge is 2.24. The highest BCUT2D eigenvalue weighted by molar-refractivity contribution is 4.79. The van der Waals surface area contributed by atoms with Gasteiger partial charge in [0.05, 0.1) is 19.8 Å². The first-order valence-corrected chi connectivity index (χ1v) is 6.76. The Labute approximate surface area is 105 Å². The largest absolute Gasteiger partial charge is 0.382 e. The van der Waals surface area contributed by atoms with Crippen LogP contribution < -0.4 is 5.32 Å². The first-order chi connectivity index (χ1) is 8.38.